The molecule has 20 heavy (non-hydrogen) atoms. The van der Waals surface area contributed by atoms with Crippen molar-refractivity contribution in [2.75, 3.05) is 11.1 Å². The molecule has 0 aliphatic carbocycles. The van der Waals surface area contributed by atoms with Crippen molar-refractivity contribution in [1.29, 1.82) is 0 Å². The molecule has 0 radical (unpaired) electrons. The van der Waals surface area contributed by atoms with E-state index in [-0.39, 0.29) is 4.90 Å². The van der Waals surface area contributed by atoms with Crippen LogP contribution in [0.3, 0.4) is 0 Å². The van der Waals surface area contributed by atoms with E-state index in [1.165, 1.54) is 12.4 Å². The zero-order chi connectivity index (χ0) is 14.8. The highest BCUT2D eigenvalue weighted by molar-refractivity contribution is 7.89. The molecule has 2 rings (SSSR count). The van der Waals surface area contributed by atoms with Gasteiger partial charge < -0.3 is 11.1 Å². The van der Waals surface area contributed by atoms with Crippen molar-refractivity contribution < 1.29 is 8.42 Å². The first-order valence-electron chi connectivity index (χ1n) is 5.79. The van der Waals surface area contributed by atoms with Gasteiger partial charge in [-0.05, 0) is 30.7 Å². The molecular weight excluding hydrogens is 278 g/mol. The van der Waals surface area contributed by atoms with Crippen molar-refractivity contribution in [2.24, 2.45) is 5.14 Å². The van der Waals surface area contributed by atoms with Gasteiger partial charge >= 0.3 is 0 Å². The van der Waals surface area contributed by atoms with Crippen LogP contribution < -0.4 is 16.2 Å². The third-order valence-corrected chi connectivity index (χ3v) is 3.83. The maximum absolute atomic E-state index is 11.5. The van der Waals surface area contributed by atoms with Gasteiger partial charge in [0.1, 0.15) is 6.33 Å². The summed E-state index contributed by atoms with van der Waals surface area (Å²) in [4.78, 5) is 7.91. The van der Waals surface area contributed by atoms with Gasteiger partial charge in [0.2, 0.25) is 10.0 Å². The predicted molar refractivity (Wildman–Crippen MR) is 76.3 cm³/mol. The van der Waals surface area contributed by atoms with Crippen molar-refractivity contribution in [3.63, 3.8) is 0 Å². The fourth-order valence-electron chi connectivity index (χ4n) is 1.80. The van der Waals surface area contributed by atoms with Crippen molar-refractivity contribution in [1.82, 2.24) is 9.97 Å². The number of rotatable bonds is 4. The van der Waals surface area contributed by atoms with Crippen LogP contribution in [0.1, 0.15) is 11.3 Å². The molecule has 5 N–H and O–H groups in total. The second-order valence-corrected chi connectivity index (χ2v) is 5.82. The van der Waals surface area contributed by atoms with Crippen LogP contribution in [0, 0.1) is 6.92 Å². The molecule has 2 aromatic rings. The Balaban J connectivity index is 2.31. The highest BCUT2D eigenvalue weighted by Crippen LogP contribution is 2.26. The molecule has 7 nitrogen and oxygen atoms in total. The van der Waals surface area contributed by atoms with Gasteiger partial charge in [0.05, 0.1) is 17.1 Å². The Kier molecular flexibility index (Phi) is 3.86. The Bertz CT molecular complexity index is 716. The third kappa shape index (κ3) is 3.22. The Morgan fingerprint density at radius 3 is 2.70 bits per heavy atom. The second-order valence-electron chi connectivity index (χ2n) is 4.29. The molecule has 1 aromatic heterocycles. The van der Waals surface area contributed by atoms with E-state index in [9.17, 15) is 8.42 Å². The van der Waals surface area contributed by atoms with E-state index in [1.54, 1.807) is 25.3 Å². The quantitative estimate of drug-likeness (QED) is 0.710. The molecule has 0 atom stereocenters. The number of nitrogens with zero attached hydrogens (tertiary/aromatic N) is 2. The number of hydrogen-bond acceptors (Lipinski definition) is 6. The molecule has 8 heteroatoms. The monoisotopic (exact) mass is 293 g/mol. The molecule has 0 aliphatic rings. The van der Waals surface area contributed by atoms with Gasteiger partial charge in [0.15, 0.2) is 0 Å². The van der Waals surface area contributed by atoms with Gasteiger partial charge in [0, 0.05) is 17.6 Å². The molecule has 1 aromatic carbocycles. The minimum Gasteiger partial charge on any atom is -0.399 e. The van der Waals surface area contributed by atoms with Crippen LogP contribution in [0.5, 0.6) is 0 Å². The van der Waals surface area contributed by atoms with Gasteiger partial charge in [-0.2, -0.15) is 0 Å². The SMILES string of the molecule is Cc1c(NCc2ccncn2)cc(N)cc1S(N)(=O)=O. The largest absolute Gasteiger partial charge is 0.399 e. The van der Waals surface area contributed by atoms with Crippen molar-refractivity contribution in [2.45, 2.75) is 18.4 Å². The van der Waals surface area contributed by atoms with Crippen LogP contribution in [0.4, 0.5) is 11.4 Å². The molecule has 0 amide bonds. The van der Waals surface area contributed by atoms with E-state index in [2.05, 4.69) is 15.3 Å². The van der Waals surface area contributed by atoms with Gasteiger partial charge in [-0.1, -0.05) is 0 Å². The van der Waals surface area contributed by atoms with Gasteiger partial charge in [-0.3, -0.25) is 0 Å². The van der Waals surface area contributed by atoms with Crippen LogP contribution in [0.15, 0.2) is 35.6 Å². The molecular formula is C12H15N5O2S. The highest BCUT2D eigenvalue weighted by atomic mass is 32.2. The topological polar surface area (TPSA) is 124 Å². The number of nitrogen functional groups attached to an aromatic ring is 1. The second kappa shape index (κ2) is 5.43. The summed E-state index contributed by atoms with van der Waals surface area (Å²) >= 11 is 0. The molecule has 0 bridgehead atoms. The van der Waals surface area contributed by atoms with Crippen molar-refractivity contribution in [3.8, 4) is 0 Å². The maximum Gasteiger partial charge on any atom is 0.238 e. The lowest BCUT2D eigenvalue weighted by Gasteiger charge is -2.13. The highest BCUT2D eigenvalue weighted by Gasteiger charge is 2.15. The van der Waals surface area contributed by atoms with Crippen molar-refractivity contribution >= 4 is 21.4 Å². The Morgan fingerprint density at radius 2 is 2.10 bits per heavy atom. The molecule has 1 heterocycles. The van der Waals surface area contributed by atoms with Crippen LogP contribution in [0.25, 0.3) is 0 Å². The first kappa shape index (κ1) is 14.2. The zero-order valence-corrected chi connectivity index (χ0v) is 11.7. The third-order valence-electron chi connectivity index (χ3n) is 2.79. The van der Waals surface area contributed by atoms with Crippen molar-refractivity contribution in [3.05, 3.63) is 42.0 Å². The fourth-order valence-corrected chi connectivity index (χ4v) is 2.63. The minimum absolute atomic E-state index is 0.0164. The average molecular weight is 293 g/mol. The standard InChI is InChI=1S/C12H15N5O2S/c1-8-11(16-6-10-2-3-15-7-17-10)4-9(13)5-12(8)20(14,18)19/h2-5,7,16H,6,13H2,1H3,(H2,14,18,19). The van der Waals surface area contributed by atoms with E-state index in [4.69, 9.17) is 10.9 Å². The summed E-state index contributed by atoms with van der Waals surface area (Å²) in [6.07, 6.45) is 3.07. The summed E-state index contributed by atoms with van der Waals surface area (Å²) in [7, 11) is -3.81. The Morgan fingerprint density at radius 1 is 1.35 bits per heavy atom. The molecule has 0 fully saturated rings. The first-order valence-corrected chi connectivity index (χ1v) is 7.34. The number of nitrogens with two attached hydrogens (primary N) is 2. The van der Waals surface area contributed by atoms with Crippen LogP contribution >= 0.6 is 0 Å². The van der Waals surface area contributed by atoms with E-state index in [1.807, 2.05) is 0 Å². The van der Waals surface area contributed by atoms with E-state index < -0.39 is 10.0 Å². The number of aromatic nitrogens is 2. The summed E-state index contributed by atoms with van der Waals surface area (Å²) < 4.78 is 23.0. The van der Waals surface area contributed by atoms with E-state index in [0.29, 0.717) is 23.5 Å². The number of benzene rings is 1. The molecule has 0 aliphatic heterocycles. The van der Waals surface area contributed by atoms with Crippen LogP contribution in [-0.2, 0) is 16.6 Å². The Labute approximate surface area is 117 Å². The number of hydrogen-bond donors (Lipinski definition) is 3. The van der Waals surface area contributed by atoms with Gasteiger partial charge in [-0.15, -0.1) is 0 Å². The number of nitrogens with one attached hydrogen (secondary N) is 1. The summed E-state index contributed by atoms with van der Waals surface area (Å²) in [5.41, 5.74) is 7.94. The van der Waals surface area contributed by atoms with E-state index in [0.717, 1.165) is 5.69 Å². The maximum atomic E-state index is 11.5. The van der Waals surface area contributed by atoms with Crippen LogP contribution in [0.2, 0.25) is 0 Å². The summed E-state index contributed by atoms with van der Waals surface area (Å²) in [6.45, 7) is 2.10. The lowest BCUT2D eigenvalue weighted by atomic mass is 10.1. The van der Waals surface area contributed by atoms with Crippen LogP contribution in [-0.4, -0.2) is 18.4 Å². The molecule has 0 saturated carbocycles. The minimum atomic E-state index is -3.81. The zero-order valence-electron chi connectivity index (χ0n) is 10.9. The smallest absolute Gasteiger partial charge is 0.238 e. The lowest BCUT2D eigenvalue weighted by Crippen LogP contribution is -2.15. The average Bonchev–Trinajstić information content (AvgIpc) is 2.39. The van der Waals surface area contributed by atoms with Gasteiger partial charge in [0.25, 0.3) is 0 Å². The summed E-state index contributed by atoms with van der Waals surface area (Å²) in [6, 6.07) is 4.76. The molecule has 0 spiro atoms. The summed E-state index contributed by atoms with van der Waals surface area (Å²) in [5, 5.41) is 8.26. The molecule has 0 saturated heterocycles. The van der Waals surface area contributed by atoms with E-state index >= 15 is 0 Å². The van der Waals surface area contributed by atoms with Gasteiger partial charge in [-0.25, -0.2) is 23.5 Å². The molecule has 0 unspecified atom stereocenters. The predicted octanol–water partition coefficient (Wildman–Crippen LogP) is 0.627. The normalized spacial score (nSPS) is 11.3. The first-order chi connectivity index (χ1) is 9.38. The number of anilines is 2. The Hall–Kier alpha value is -2.19. The number of sulfonamides is 1. The number of primary sulfonamides is 1. The summed E-state index contributed by atoms with van der Waals surface area (Å²) in [5.74, 6) is 0. The lowest BCUT2D eigenvalue weighted by molar-refractivity contribution is 0.597. The fraction of sp³-hybridized carbons (Fsp3) is 0.167. The molecule has 106 valence electrons.